The van der Waals surface area contributed by atoms with Crippen LogP contribution in [0.5, 0.6) is 0 Å². The van der Waals surface area contributed by atoms with Crippen LogP contribution in [-0.4, -0.2) is 36.0 Å². The molecule has 0 spiro atoms. The summed E-state index contributed by atoms with van der Waals surface area (Å²) < 4.78 is 25.3. The van der Waals surface area contributed by atoms with Crippen LogP contribution in [0.4, 0.5) is 19.3 Å². The van der Waals surface area contributed by atoms with Crippen molar-refractivity contribution in [3.63, 3.8) is 0 Å². The summed E-state index contributed by atoms with van der Waals surface area (Å²) in [6.07, 6.45) is 0. The van der Waals surface area contributed by atoms with Gasteiger partial charge in [-0.25, -0.2) is 13.6 Å². The Labute approximate surface area is 108 Å². The smallest absolute Gasteiger partial charge is 0.319 e. The van der Waals surface area contributed by atoms with Gasteiger partial charge in [0.2, 0.25) is 0 Å². The third kappa shape index (κ3) is 5.01. The SMILES string of the molecule is CC(=O)c1ccc(NC(=O)NCC(F)(F)CO)cc1. The highest BCUT2D eigenvalue weighted by Gasteiger charge is 2.28. The van der Waals surface area contributed by atoms with Gasteiger partial charge in [0.25, 0.3) is 5.92 Å². The summed E-state index contributed by atoms with van der Waals surface area (Å²) in [5.41, 5.74) is 0.854. The summed E-state index contributed by atoms with van der Waals surface area (Å²) >= 11 is 0. The second kappa shape index (κ2) is 6.24. The highest BCUT2D eigenvalue weighted by atomic mass is 19.3. The summed E-state index contributed by atoms with van der Waals surface area (Å²) in [5, 5.41) is 12.6. The number of anilines is 1. The van der Waals surface area contributed by atoms with Gasteiger partial charge in [0.1, 0.15) is 6.61 Å². The van der Waals surface area contributed by atoms with Crippen LogP contribution >= 0.6 is 0 Å². The minimum absolute atomic E-state index is 0.112. The highest BCUT2D eigenvalue weighted by molar-refractivity contribution is 5.95. The van der Waals surface area contributed by atoms with Crippen LogP contribution in [-0.2, 0) is 0 Å². The van der Waals surface area contributed by atoms with Crippen LogP contribution in [0.15, 0.2) is 24.3 Å². The molecule has 0 aliphatic rings. The molecule has 0 fully saturated rings. The van der Waals surface area contributed by atoms with E-state index in [0.717, 1.165) is 0 Å². The molecular weight excluding hydrogens is 258 g/mol. The second-order valence-corrected chi connectivity index (χ2v) is 3.96. The lowest BCUT2D eigenvalue weighted by molar-refractivity contribution is -0.0451. The van der Waals surface area contributed by atoms with E-state index in [2.05, 4.69) is 5.32 Å². The number of alkyl halides is 2. The van der Waals surface area contributed by atoms with E-state index >= 15 is 0 Å². The van der Waals surface area contributed by atoms with Gasteiger partial charge in [-0.2, -0.15) is 0 Å². The van der Waals surface area contributed by atoms with E-state index in [-0.39, 0.29) is 5.78 Å². The van der Waals surface area contributed by atoms with Crippen molar-refractivity contribution in [2.45, 2.75) is 12.8 Å². The Balaban J connectivity index is 2.51. The molecule has 2 amide bonds. The van der Waals surface area contributed by atoms with Crippen LogP contribution in [0.3, 0.4) is 0 Å². The number of aliphatic hydroxyl groups excluding tert-OH is 1. The Hall–Kier alpha value is -2.02. The van der Waals surface area contributed by atoms with Crippen molar-refractivity contribution in [2.75, 3.05) is 18.5 Å². The van der Waals surface area contributed by atoms with E-state index in [0.29, 0.717) is 11.3 Å². The number of hydrogen-bond donors (Lipinski definition) is 3. The quantitative estimate of drug-likeness (QED) is 0.713. The number of Topliss-reactive ketones (excluding diaryl/α,β-unsaturated/α-hetero) is 1. The minimum atomic E-state index is -3.35. The molecule has 0 heterocycles. The van der Waals surface area contributed by atoms with Crippen molar-refractivity contribution in [3.8, 4) is 0 Å². The van der Waals surface area contributed by atoms with Gasteiger partial charge in [-0.1, -0.05) is 0 Å². The molecule has 0 unspecified atom stereocenters. The topological polar surface area (TPSA) is 78.4 Å². The first-order valence-corrected chi connectivity index (χ1v) is 5.48. The van der Waals surface area contributed by atoms with E-state index < -0.39 is 25.1 Å². The van der Waals surface area contributed by atoms with Crippen molar-refractivity contribution < 1.29 is 23.5 Å². The molecule has 0 saturated carbocycles. The fourth-order valence-electron chi connectivity index (χ4n) is 1.23. The van der Waals surface area contributed by atoms with Crippen LogP contribution < -0.4 is 10.6 Å². The number of nitrogens with one attached hydrogen (secondary N) is 2. The van der Waals surface area contributed by atoms with Gasteiger partial charge in [0, 0.05) is 11.3 Å². The molecule has 104 valence electrons. The molecule has 1 rings (SSSR count). The number of urea groups is 1. The maximum absolute atomic E-state index is 12.7. The molecule has 19 heavy (non-hydrogen) atoms. The standard InChI is InChI=1S/C12H14F2N2O3/c1-8(18)9-2-4-10(5-3-9)16-11(19)15-6-12(13,14)7-17/h2-5,17H,6-7H2,1H3,(H2,15,16,19). The Morgan fingerprint density at radius 3 is 2.32 bits per heavy atom. The zero-order chi connectivity index (χ0) is 14.5. The van der Waals surface area contributed by atoms with E-state index in [9.17, 15) is 18.4 Å². The number of rotatable bonds is 5. The number of amides is 2. The van der Waals surface area contributed by atoms with Gasteiger partial charge in [0.05, 0.1) is 6.54 Å². The van der Waals surface area contributed by atoms with E-state index in [1.54, 1.807) is 0 Å². The molecule has 1 aromatic rings. The number of benzene rings is 1. The Morgan fingerprint density at radius 2 is 1.84 bits per heavy atom. The van der Waals surface area contributed by atoms with Crippen molar-refractivity contribution >= 4 is 17.5 Å². The molecule has 0 radical (unpaired) electrons. The Morgan fingerprint density at radius 1 is 1.26 bits per heavy atom. The molecule has 0 aromatic heterocycles. The predicted octanol–water partition coefficient (Wildman–Crippen LogP) is 1.64. The van der Waals surface area contributed by atoms with Gasteiger partial charge in [0.15, 0.2) is 5.78 Å². The van der Waals surface area contributed by atoms with Crippen LogP contribution in [0.25, 0.3) is 0 Å². The Bertz CT molecular complexity index is 461. The summed E-state index contributed by atoms with van der Waals surface area (Å²) in [5.74, 6) is -3.46. The Kier molecular flexibility index (Phi) is 4.94. The molecule has 0 aliphatic heterocycles. The number of carbonyl (C=O) groups excluding carboxylic acids is 2. The minimum Gasteiger partial charge on any atom is -0.390 e. The number of hydrogen-bond acceptors (Lipinski definition) is 3. The highest BCUT2D eigenvalue weighted by Crippen LogP contribution is 2.11. The van der Waals surface area contributed by atoms with Gasteiger partial charge >= 0.3 is 6.03 Å². The van der Waals surface area contributed by atoms with Gasteiger partial charge in [-0.15, -0.1) is 0 Å². The molecule has 0 atom stereocenters. The first kappa shape index (κ1) is 15.0. The third-order valence-electron chi connectivity index (χ3n) is 2.29. The molecule has 3 N–H and O–H groups in total. The van der Waals surface area contributed by atoms with Gasteiger partial charge < -0.3 is 15.7 Å². The largest absolute Gasteiger partial charge is 0.390 e. The number of aliphatic hydroxyl groups is 1. The zero-order valence-corrected chi connectivity index (χ0v) is 10.2. The van der Waals surface area contributed by atoms with Crippen molar-refractivity contribution in [1.29, 1.82) is 0 Å². The molecule has 0 aliphatic carbocycles. The predicted molar refractivity (Wildman–Crippen MR) is 65.5 cm³/mol. The molecule has 0 saturated heterocycles. The van der Waals surface area contributed by atoms with E-state index in [1.807, 2.05) is 5.32 Å². The lowest BCUT2D eigenvalue weighted by Crippen LogP contribution is -2.40. The van der Waals surface area contributed by atoms with Crippen molar-refractivity contribution in [2.24, 2.45) is 0 Å². The lowest BCUT2D eigenvalue weighted by atomic mass is 10.1. The number of halogens is 2. The van der Waals surface area contributed by atoms with E-state index in [1.165, 1.54) is 31.2 Å². The number of carbonyl (C=O) groups is 2. The fourth-order valence-corrected chi connectivity index (χ4v) is 1.23. The molecular formula is C12H14F2N2O3. The average Bonchev–Trinajstić information content (AvgIpc) is 2.37. The van der Waals surface area contributed by atoms with Crippen LogP contribution in [0.2, 0.25) is 0 Å². The molecule has 5 nitrogen and oxygen atoms in total. The van der Waals surface area contributed by atoms with Crippen molar-refractivity contribution in [1.82, 2.24) is 5.32 Å². The van der Waals surface area contributed by atoms with Crippen LogP contribution in [0.1, 0.15) is 17.3 Å². The van der Waals surface area contributed by atoms with Crippen molar-refractivity contribution in [3.05, 3.63) is 29.8 Å². The summed E-state index contributed by atoms with van der Waals surface area (Å²) in [7, 11) is 0. The molecule has 0 bridgehead atoms. The molecule has 1 aromatic carbocycles. The first-order valence-electron chi connectivity index (χ1n) is 5.48. The monoisotopic (exact) mass is 272 g/mol. The normalized spacial score (nSPS) is 10.9. The zero-order valence-electron chi connectivity index (χ0n) is 10.2. The van der Waals surface area contributed by atoms with Gasteiger partial charge in [-0.05, 0) is 31.2 Å². The summed E-state index contributed by atoms with van der Waals surface area (Å²) in [6.45, 7) is -0.881. The average molecular weight is 272 g/mol. The maximum atomic E-state index is 12.7. The number of ketones is 1. The van der Waals surface area contributed by atoms with Crippen LogP contribution in [0, 0.1) is 0 Å². The summed E-state index contributed by atoms with van der Waals surface area (Å²) in [4.78, 5) is 22.3. The summed E-state index contributed by atoms with van der Waals surface area (Å²) in [6, 6.07) is 5.19. The maximum Gasteiger partial charge on any atom is 0.319 e. The van der Waals surface area contributed by atoms with E-state index in [4.69, 9.17) is 5.11 Å². The lowest BCUT2D eigenvalue weighted by Gasteiger charge is -2.14. The molecule has 7 heteroatoms. The fraction of sp³-hybridized carbons (Fsp3) is 0.333. The first-order chi connectivity index (χ1) is 8.84. The second-order valence-electron chi connectivity index (χ2n) is 3.96. The van der Waals surface area contributed by atoms with Gasteiger partial charge in [-0.3, -0.25) is 4.79 Å². The third-order valence-corrected chi connectivity index (χ3v) is 2.29.